The van der Waals surface area contributed by atoms with E-state index in [1.807, 2.05) is 0 Å². The molecule has 2 N–H and O–H groups in total. The molecule has 0 saturated carbocycles. The third-order valence-electron chi connectivity index (χ3n) is 2.58. The summed E-state index contributed by atoms with van der Waals surface area (Å²) in [5, 5.41) is 0. The van der Waals surface area contributed by atoms with Gasteiger partial charge in [0.05, 0.1) is 27.1 Å². The van der Waals surface area contributed by atoms with Gasteiger partial charge in [-0.1, -0.05) is 11.8 Å². The van der Waals surface area contributed by atoms with E-state index < -0.39 is 28.5 Å². The molecule has 2 aromatic heterocycles. The first-order valence-corrected chi connectivity index (χ1v) is 12.2. The van der Waals surface area contributed by atoms with Crippen LogP contribution in [0.1, 0.15) is 0 Å². The molecule has 0 bridgehead atoms. The van der Waals surface area contributed by atoms with Crippen molar-refractivity contribution in [3.63, 3.8) is 0 Å². The van der Waals surface area contributed by atoms with Gasteiger partial charge in [-0.05, 0) is 0 Å². The summed E-state index contributed by atoms with van der Waals surface area (Å²) in [6.45, 7) is -4.32. The van der Waals surface area contributed by atoms with Gasteiger partial charge < -0.3 is 39.2 Å². The number of nitrogens with zero attached hydrogens (tertiary/aromatic N) is 4. The Balaban J connectivity index is -0.00000182. The molecule has 0 fully saturated rings. The van der Waals surface area contributed by atoms with Gasteiger partial charge in [-0.25, -0.2) is 15.0 Å². The summed E-state index contributed by atoms with van der Waals surface area (Å²) in [4.78, 5) is 55.2. The molecule has 0 amide bonds. The van der Waals surface area contributed by atoms with E-state index in [0.717, 1.165) is 0 Å². The van der Waals surface area contributed by atoms with Gasteiger partial charge in [-0.2, -0.15) is 0 Å². The van der Waals surface area contributed by atoms with Crippen LogP contribution in [0.3, 0.4) is 0 Å². The normalized spacial score (nSPS) is 14.8. The summed E-state index contributed by atoms with van der Waals surface area (Å²) in [6.07, 6.45) is 1.78. The van der Waals surface area contributed by atoms with Crippen molar-refractivity contribution in [1.82, 2.24) is 19.5 Å². The average molecular weight is 537 g/mol. The van der Waals surface area contributed by atoms with E-state index in [1.54, 1.807) is 0 Å². The molecule has 0 aliphatic carbocycles. The second-order valence-corrected chi connectivity index (χ2v) is 10.8. The number of anilines is 1. The van der Waals surface area contributed by atoms with Gasteiger partial charge >= 0.3 is 118 Å². The molecule has 0 aliphatic heterocycles. The Morgan fingerprint density at radius 2 is 1.63 bits per heavy atom. The number of rotatable bonds is 9. The molecule has 2 aromatic rings. The van der Waals surface area contributed by atoms with Crippen LogP contribution in [0.25, 0.3) is 11.2 Å². The molecule has 14 nitrogen and oxygen atoms in total. The molecule has 0 radical (unpaired) electrons. The molecule has 2 unspecified atom stereocenters. The molecule has 2 heterocycles. The quantitative estimate of drug-likeness (QED) is 0.178. The fraction of sp³-hybridized carbons (Fsp3) is 0.375. The van der Waals surface area contributed by atoms with Crippen LogP contribution in [-0.4, -0.2) is 32.5 Å². The van der Waals surface area contributed by atoms with E-state index in [0.29, 0.717) is 11.2 Å². The summed E-state index contributed by atoms with van der Waals surface area (Å²) in [7, 11) is -11.6. The molecule has 146 valence electrons. The minimum atomic E-state index is -5.91. The number of nitrogen functional groups attached to an aromatic ring is 1. The van der Waals surface area contributed by atoms with Crippen molar-refractivity contribution in [1.29, 1.82) is 0 Å². The van der Waals surface area contributed by atoms with Crippen molar-refractivity contribution in [3.05, 3.63) is 12.7 Å². The van der Waals surface area contributed by atoms with Crippen molar-refractivity contribution in [2.24, 2.45) is 0 Å². The second kappa shape index (κ2) is 16.0. The van der Waals surface area contributed by atoms with Gasteiger partial charge in [-0.3, -0.25) is 13.2 Å². The van der Waals surface area contributed by atoms with Gasteiger partial charge in [-0.15, -0.1) is 0 Å². The first kappa shape index (κ1) is 37.7. The maximum absolute atomic E-state index is 11.8. The maximum atomic E-state index is 11.8. The van der Waals surface area contributed by atoms with Crippen molar-refractivity contribution < 1.29 is 160 Å². The number of nitrogens with two attached hydrogens (primary N) is 1. The SMILES string of the molecule is Nc1ncnc2c1ncn2CCOCP([O-])(=S)OP(=O)([O-])OP(=O)([O-])[O-].[Na+].[Na+].[Na+].[Na+]. The number of hydrogen-bond donors (Lipinski definition) is 1. The van der Waals surface area contributed by atoms with E-state index in [9.17, 15) is 28.7 Å². The molecule has 22 heteroatoms. The van der Waals surface area contributed by atoms with E-state index in [2.05, 4.69) is 35.4 Å². The molecule has 2 atom stereocenters. The Morgan fingerprint density at radius 3 is 2.20 bits per heavy atom. The predicted octanol–water partition coefficient (Wildman–Crippen LogP) is -14.6. The van der Waals surface area contributed by atoms with Crippen LogP contribution in [0.15, 0.2) is 12.7 Å². The van der Waals surface area contributed by atoms with Crippen LogP contribution >= 0.6 is 22.1 Å². The third kappa shape index (κ3) is 13.3. The van der Waals surface area contributed by atoms with E-state index in [-0.39, 0.29) is 137 Å². The van der Waals surface area contributed by atoms with E-state index >= 15 is 0 Å². The fourth-order valence-corrected chi connectivity index (χ4v) is 5.80. The zero-order valence-corrected chi connectivity index (χ0v) is 28.1. The molecule has 2 rings (SSSR count). The first-order chi connectivity index (χ1) is 11.9. The smallest absolute Gasteiger partial charge is 0.799 e. The van der Waals surface area contributed by atoms with Gasteiger partial charge in [0.1, 0.15) is 11.8 Å². The molecule has 0 aliphatic rings. The Kier molecular flexibility index (Phi) is 20.2. The van der Waals surface area contributed by atoms with E-state index in [4.69, 9.17) is 10.5 Å². The van der Waals surface area contributed by atoms with Gasteiger partial charge in [0.2, 0.25) is 0 Å². The largest absolute Gasteiger partial charge is 1.00 e. The Morgan fingerprint density at radius 1 is 1.03 bits per heavy atom. The standard InChI is InChI=1S/C8H14N5O9P3S.4Na/c9-7-6-8(11-3-10-7)13(4-12-6)1-2-20-5-23(14,26)21-25(18,19)22-24(15,16)17;;;;/h3-4H,1-2,5H2,(H,14,26)(H,18,19)(H2,9,10,11)(H2,15,16,17);;;;/q;4*+1/p-4. The second-order valence-electron chi connectivity index (χ2n) is 4.58. The molecule has 30 heavy (non-hydrogen) atoms. The minimum absolute atomic E-state index is 0. The van der Waals surface area contributed by atoms with Gasteiger partial charge in [0.25, 0.3) is 7.82 Å². The Bertz CT molecular complexity index is 948. The van der Waals surface area contributed by atoms with Crippen molar-refractivity contribution in [2.45, 2.75) is 6.54 Å². The van der Waals surface area contributed by atoms with Crippen molar-refractivity contribution in [2.75, 3.05) is 18.7 Å². The number of imidazole rings is 1. The minimum Gasteiger partial charge on any atom is -0.799 e. The molecule has 0 aromatic carbocycles. The number of fused-ring (bicyclic) bond motifs is 1. The van der Waals surface area contributed by atoms with E-state index in [1.165, 1.54) is 17.2 Å². The summed E-state index contributed by atoms with van der Waals surface area (Å²) in [6, 6.07) is 0. The maximum Gasteiger partial charge on any atom is 1.00 e. The summed E-state index contributed by atoms with van der Waals surface area (Å²) < 4.78 is 35.0. The molecule has 0 spiro atoms. The van der Waals surface area contributed by atoms with Gasteiger partial charge in [0.15, 0.2) is 11.5 Å². The topological polar surface area (TPSA) is 224 Å². The number of hydrogen-bond acceptors (Lipinski definition) is 14. The number of aromatic nitrogens is 4. The summed E-state index contributed by atoms with van der Waals surface area (Å²) >= 11 is 4.39. The van der Waals surface area contributed by atoms with Crippen molar-refractivity contribution in [3.8, 4) is 0 Å². The van der Waals surface area contributed by atoms with Crippen LogP contribution < -0.4 is 144 Å². The van der Waals surface area contributed by atoms with Crippen molar-refractivity contribution >= 4 is 50.9 Å². The summed E-state index contributed by atoms with van der Waals surface area (Å²) in [5.41, 5.74) is 6.41. The van der Waals surface area contributed by atoms with Crippen LogP contribution in [0.4, 0.5) is 5.82 Å². The van der Waals surface area contributed by atoms with Crippen LogP contribution in [-0.2, 0) is 40.8 Å². The van der Waals surface area contributed by atoms with Gasteiger partial charge in [0, 0.05) is 13.0 Å². The zero-order chi connectivity index (χ0) is 19.6. The number of ether oxygens (including phenoxy) is 1. The monoisotopic (exact) mass is 537 g/mol. The molecular weight excluding hydrogens is 527 g/mol. The predicted molar refractivity (Wildman–Crippen MR) is 82.2 cm³/mol. The first-order valence-electron chi connectivity index (χ1n) is 6.43. The Labute approximate surface area is 264 Å². The summed E-state index contributed by atoms with van der Waals surface area (Å²) in [5.74, 6) is 0.179. The fourth-order valence-electron chi connectivity index (χ4n) is 1.71. The van der Waals surface area contributed by atoms with Crippen LogP contribution in [0.5, 0.6) is 0 Å². The third-order valence-corrected chi connectivity index (χ3v) is 7.39. The molecular formula is C8H10N5Na4O9P3S. The zero-order valence-electron chi connectivity index (χ0n) is 16.6. The number of phosphoric acid groups is 2. The van der Waals surface area contributed by atoms with Crippen LogP contribution in [0.2, 0.25) is 0 Å². The Hall–Kier alpha value is 3.18. The van der Waals surface area contributed by atoms with Crippen LogP contribution in [0, 0.1) is 0 Å². The average Bonchev–Trinajstić information content (AvgIpc) is 2.84. The molecule has 0 saturated heterocycles.